The van der Waals surface area contributed by atoms with E-state index in [4.69, 9.17) is 16.7 Å². The molecule has 0 fully saturated rings. The molecule has 0 aliphatic carbocycles. The quantitative estimate of drug-likeness (QED) is 0.845. The maximum Gasteiger partial charge on any atom is 0.406 e. The van der Waals surface area contributed by atoms with Crippen molar-refractivity contribution in [3.05, 3.63) is 23.5 Å². The van der Waals surface area contributed by atoms with E-state index in [9.17, 15) is 13.2 Å². The Kier molecular flexibility index (Phi) is 2.46. The van der Waals surface area contributed by atoms with Crippen molar-refractivity contribution in [2.45, 2.75) is 12.7 Å². The Balaban J connectivity index is 2.56. The lowest BCUT2D eigenvalue weighted by atomic mass is 10.3. The van der Waals surface area contributed by atoms with Gasteiger partial charge < -0.3 is 9.67 Å². The van der Waals surface area contributed by atoms with Gasteiger partial charge in [-0.05, 0) is 23.7 Å². The van der Waals surface area contributed by atoms with Gasteiger partial charge in [0.25, 0.3) is 0 Å². The van der Waals surface area contributed by atoms with Gasteiger partial charge in [0.15, 0.2) is 0 Å². The summed E-state index contributed by atoms with van der Waals surface area (Å²) in [6, 6.07) is 3.89. The van der Waals surface area contributed by atoms with Gasteiger partial charge >= 0.3 is 6.18 Å². The molecule has 0 atom stereocenters. The molecule has 0 aliphatic heterocycles. The highest BCUT2D eigenvalue weighted by molar-refractivity contribution is 6.29. The average Bonchev–Trinajstić information content (AvgIpc) is 2.40. The van der Waals surface area contributed by atoms with Crippen molar-refractivity contribution in [1.29, 1.82) is 0 Å². The van der Waals surface area contributed by atoms with Gasteiger partial charge in [0.2, 0.25) is 5.28 Å². The molecule has 0 bridgehead atoms. The van der Waals surface area contributed by atoms with Crippen LogP contribution in [0, 0.1) is 0 Å². The van der Waals surface area contributed by atoms with E-state index >= 15 is 0 Å². The van der Waals surface area contributed by atoms with E-state index in [-0.39, 0.29) is 22.1 Å². The fourth-order valence-corrected chi connectivity index (χ4v) is 1.66. The second-order valence-electron chi connectivity index (χ2n) is 3.26. The van der Waals surface area contributed by atoms with Crippen LogP contribution in [0.25, 0.3) is 11.0 Å². The first-order valence-electron chi connectivity index (χ1n) is 4.28. The zero-order valence-corrected chi connectivity index (χ0v) is 8.55. The topological polar surface area (TPSA) is 38.1 Å². The summed E-state index contributed by atoms with van der Waals surface area (Å²) in [5, 5.41) is 8.90. The number of benzene rings is 1. The maximum absolute atomic E-state index is 12.2. The number of alkyl halides is 3. The number of phenols is 1. The van der Waals surface area contributed by atoms with E-state index in [1.165, 1.54) is 18.2 Å². The number of rotatable bonds is 1. The van der Waals surface area contributed by atoms with Crippen molar-refractivity contribution in [3.63, 3.8) is 0 Å². The average molecular weight is 251 g/mol. The van der Waals surface area contributed by atoms with Gasteiger partial charge in [-0.2, -0.15) is 13.2 Å². The van der Waals surface area contributed by atoms with E-state index in [1.54, 1.807) is 0 Å². The van der Waals surface area contributed by atoms with Gasteiger partial charge in [-0.1, -0.05) is 0 Å². The Morgan fingerprint density at radius 3 is 2.69 bits per heavy atom. The first-order chi connectivity index (χ1) is 7.37. The maximum atomic E-state index is 12.2. The number of aromatic nitrogens is 2. The third-order valence-corrected chi connectivity index (χ3v) is 2.31. The first-order valence-corrected chi connectivity index (χ1v) is 4.66. The number of imidazole rings is 1. The van der Waals surface area contributed by atoms with Crippen molar-refractivity contribution in [1.82, 2.24) is 9.55 Å². The van der Waals surface area contributed by atoms with Crippen LogP contribution in [0.2, 0.25) is 5.28 Å². The minimum absolute atomic E-state index is 0.0687. The van der Waals surface area contributed by atoms with Gasteiger partial charge in [-0.25, -0.2) is 4.98 Å². The number of nitrogens with zero attached hydrogens (tertiary/aromatic N) is 2. The summed E-state index contributed by atoms with van der Waals surface area (Å²) in [6.45, 7) is -1.20. The van der Waals surface area contributed by atoms with E-state index in [1.807, 2.05) is 0 Å². The van der Waals surface area contributed by atoms with Crippen molar-refractivity contribution < 1.29 is 18.3 Å². The number of fused-ring (bicyclic) bond motifs is 1. The molecular formula is C9H6ClF3N2O. The second kappa shape index (κ2) is 3.55. The minimum Gasteiger partial charge on any atom is -0.508 e. The third-order valence-electron chi connectivity index (χ3n) is 2.02. The van der Waals surface area contributed by atoms with Crippen LogP contribution in [0.4, 0.5) is 13.2 Å². The summed E-state index contributed by atoms with van der Waals surface area (Å²) in [4.78, 5) is 3.73. The molecule has 0 saturated carbocycles. The number of hydrogen-bond acceptors (Lipinski definition) is 2. The minimum atomic E-state index is -4.37. The lowest BCUT2D eigenvalue weighted by Gasteiger charge is -2.08. The monoisotopic (exact) mass is 250 g/mol. The molecule has 0 radical (unpaired) electrons. The molecule has 0 aliphatic rings. The Labute approximate surface area is 93.1 Å². The molecule has 0 saturated heterocycles. The Morgan fingerprint density at radius 2 is 2.06 bits per heavy atom. The Hall–Kier alpha value is -1.43. The van der Waals surface area contributed by atoms with Crippen LogP contribution in [0.3, 0.4) is 0 Å². The van der Waals surface area contributed by atoms with E-state index < -0.39 is 12.7 Å². The normalized spacial score (nSPS) is 12.2. The highest BCUT2D eigenvalue weighted by Gasteiger charge is 2.30. The van der Waals surface area contributed by atoms with Crippen LogP contribution in [-0.2, 0) is 6.54 Å². The van der Waals surface area contributed by atoms with Crippen LogP contribution < -0.4 is 0 Å². The van der Waals surface area contributed by atoms with Crippen LogP contribution in [0.1, 0.15) is 0 Å². The van der Waals surface area contributed by atoms with Crippen molar-refractivity contribution >= 4 is 22.6 Å². The van der Waals surface area contributed by atoms with E-state index in [0.717, 1.165) is 4.57 Å². The predicted molar refractivity (Wildman–Crippen MR) is 52.5 cm³/mol. The van der Waals surface area contributed by atoms with Crippen molar-refractivity contribution in [2.75, 3.05) is 0 Å². The standard InChI is InChI=1S/C9H6ClF3N2O/c10-8-14-6-3-5(16)1-2-7(6)15(8)4-9(11,12)13/h1-3,16H,4H2. The first kappa shape index (κ1) is 11.1. The molecule has 16 heavy (non-hydrogen) atoms. The molecule has 1 aromatic carbocycles. The molecule has 86 valence electrons. The number of aromatic hydroxyl groups is 1. The lowest BCUT2D eigenvalue weighted by Crippen LogP contribution is -2.17. The summed E-state index contributed by atoms with van der Waals surface area (Å²) in [7, 11) is 0. The Morgan fingerprint density at radius 1 is 1.38 bits per heavy atom. The molecule has 0 unspecified atom stereocenters. The summed E-state index contributed by atoms with van der Waals surface area (Å²) in [5.41, 5.74) is 0.467. The fraction of sp³-hybridized carbons (Fsp3) is 0.222. The molecule has 2 rings (SSSR count). The van der Waals surface area contributed by atoms with Gasteiger partial charge in [0, 0.05) is 6.07 Å². The number of halogens is 4. The van der Waals surface area contributed by atoms with Crippen LogP contribution in [0.5, 0.6) is 5.75 Å². The highest BCUT2D eigenvalue weighted by Crippen LogP contribution is 2.27. The largest absolute Gasteiger partial charge is 0.508 e. The summed E-state index contributed by atoms with van der Waals surface area (Å²) in [6.07, 6.45) is -4.37. The number of hydrogen-bond donors (Lipinski definition) is 1. The van der Waals surface area contributed by atoms with Gasteiger partial charge in [-0.15, -0.1) is 0 Å². The molecule has 1 N–H and O–H groups in total. The third kappa shape index (κ3) is 2.06. The molecule has 1 heterocycles. The summed E-state index contributed by atoms with van der Waals surface area (Å²) >= 11 is 5.60. The number of phenolic OH excluding ortho intramolecular Hbond substituents is 1. The second-order valence-corrected chi connectivity index (χ2v) is 3.59. The molecule has 7 heteroatoms. The molecule has 1 aromatic heterocycles. The zero-order chi connectivity index (χ0) is 11.9. The smallest absolute Gasteiger partial charge is 0.406 e. The SMILES string of the molecule is Oc1ccc2c(c1)nc(Cl)n2CC(F)(F)F. The van der Waals surface area contributed by atoms with Gasteiger partial charge in [0.05, 0.1) is 11.0 Å². The van der Waals surface area contributed by atoms with Crippen LogP contribution in [-0.4, -0.2) is 20.8 Å². The Bertz CT molecular complexity index is 535. The molecule has 0 spiro atoms. The highest BCUT2D eigenvalue weighted by atomic mass is 35.5. The van der Waals surface area contributed by atoms with E-state index in [0.29, 0.717) is 0 Å². The fourth-order valence-electron chi connectivity index (χ4n) is 1.42. The van der Waals surface area contributed by atoms with Crippen molar-refractivity contribution in [2.24, 2.45) is 0 Å². The van der Waals surface area contributed by atoms with Gasteiger partial charge in [0.1, 0.15) is 12.3 Å². The van der Waals surface area contributed by atoms with Crippen molar-refractivity contribution in [3.8, 4) is 5.75 Å². The lowest BCUT2D eigenvalue weighted by molar-refractivity contribution is -0.139. The van der Waals surface area contributed by atoms with Crippen LogP contribution >= 0.6 is 11.6 Å². The zero-order valence-electron chi connectivity index (χ0n) is 7.79. The summed E-state index contributed by atoms with van der Waals surface area (Å²) < 4.78 is 37.6. The van der Waals surface area contributed by atoms with Crippen LogP contribution in [0.15, 0.2) is 18.2 Å². The molecule has 2 aromatic rings. The van der Waals surface area contributed by atoms with Gasteiger partial charge in [-0.3, -0.25) is 0 Å². The summed E-state index contributed by atoms with van der Waals surface area (Å²) in [5.74, 6) is -0.0687. The molecule has 3 nitrogen and oxygen atoms in total. The predicted octanol–water partition coefficient (Wildman–Crippen LogP) is 2.96. The molecular weight excluding hydrogens is 245 g/mol. The van der Waals surface area contributed by atoms with E-state index in [2.05, 4.69) is 4.98 Å². The molecule has 0 amide bonds.